The first-order valence-electron chi connectivity index (χ1n) is 5.91. The number of fused-ring (bicyclic) bond motifs is 1. The molecule has 4 nitrogen and oxygen atoms in total. The third kappa shape index (κ3) is 2.45. The zero-order chi connectivity index (χ0) is 12.5. The van der Waals surface area contributed by atoms with Crippen molar-refractivity contribution < 1.29 is 0 Å². The molecule has 98 valence electrons. The van der Waals surface area contributed by atoms with Gasteiger partial charge in [0, 0.05) is 29.6 Å². The molecule has 0 aliphatic heterocycles. The van der Waals surface area contributed by atoms with E-state index in [0.29, 0.717) is 0 Å². The van der Waals surface area contributed by atoms with Gasteiger partial charge in [0.25, 0.3) is 0 Å². The molecule has 0 fully saturated rings. The number of aromatic nitrogens is 3. The van der Waals surface area contributed by atoms with Crippen LogP contribution in [-0.4, -0.2) is 14.6 Å². The van der Waals surface area contributed by atoms with Gasteiger partial charge in [-0.1, -0.05) is 30.3 Å². The Bertz CT molecular complexity index is 676. The normalized spacial score (nSPS) is 12.1. The molecule has 0 saturated carbocycles. The first kappa shape index (κ1) is 13.5. The van der Waals surface area contributed by atoms with Gasteiger partial charge in [-0.05, 0) is 13.0 Å². The minimum absolute atomic E-state index is 0. The van der Waals surface area contributed by atoms with E-state index < -0.39 is 0 Å². The summed E-state index contributed by atoms with van der Waals surface area (Å²) in [5, 5.41) is 4.60. The molecular formula is C14H15ClN4. The molecule has 5 heteroatoms. The van der Waals surface area contributed by atoms with Crippen LogP contribution in [0.3, 0.4) is 0 Å². The second-order valence-corrected chi connectivity index (χ2v) is 4.33. The van der Waals surface area contributed by atoms with Crippen LogP contribution in [0.5, 0.6) is 0 Å². The van der Waals surface area contributed by atoms with E-state index >= 15 is 0 Å². The Hall–Kier alpha value is -1.91. The number of nitrogens with zero attached hydrogens (tertiary/aromatic N) is 3. The Labute approximate surface area is 117 Å². The summed E-state index contributed by atoms with van der Waals surface area (Å²) in [6, 6.07) is 12.0. The number of benzene rings is 1. The molecule has 0 radical (unpaired) electrons. The average molecular weight is 275 g/mol. The highest BCUT2D eigenvalue weighted by molar-refractivity contribution is 5.85. The summed E-state index contributed by atoms with van der Waals surface area (Å²) in [6.07, 6.45) is 3.58. The number of hydrogen-bond acceptors (Lipinski definition) is 3. The van der Waals surface area contributed by atoms with Gasteiger partial charge < -0.3 is 5.73 Å². The molecule has 3 aromatic rings. The first-order valence-corrected chi connectivity index (χ1v) is 5.91. The van der Waals surface area contributed by atoms with E-state index in [1.54, 1.807) is 10.7 Å². The summed E-state index contributed by atoms with van der Waals surface area (Å²) in [5.74, 6) is 0. The fraction of sp³-hybridized carbons (Fsp3) is 0.143. The lowest BCUT2D eigenvalue weighted by Gasteiger charge is -2.12. The number of hydrogen-bond donors (Lipinski definition) is 1. The predicted molar refractivity (Wildman–Crippen MR) is 78.3 cm³/mol. The fourth-order valence-electron chi connectivity index (χ4n) is 2.04. The van der Waals surface area contributed by atoms with Crippen molar-refractivity contribution >= 4 is 18.1 Å². The maximum atomic E-state index is 6.03. The van der Waals surface area contributed by atoms with Crippen LogP contribution in [0.1, 0.15) is 18.5 Å². The van der Waals surface area contributed by atoms with Crippen LogP contribution in [-0.2, 0) is 0 Å². The summed E-state index contributed by atoms with van der Waals surface area (Å²) < 4.78 is 1.77. The van der Waals surface area contributed by atoms with Gasteiger partial charge in [0.2, 0.25) is 0 Å². The highest BCUT2D eigenvalue weighted by atomic mass is 35.5. The topological polar surface area (TPSA) is 56.2 Å². The minimum Gasteiger partial charge on any atom is -0.324 e. The number of imidazole rings is 1. The Kier molecular flexibility index (Phi) is 3.83. The molecule has 1 aromatic carbocycles. The molecule has 0 bridgehead atoms. The quantitative estimate of drug-likeness (QED) is 0.782. The van der Waals surface area contributed by atoms with Gasteiger partial charge in [-0.15, -0.1) is 12.4 Å². The largest absolute Gasteiger partial charge is 0.324 e. The molecule has 0 amide bonds. The maximum Gasteiger partial charge on any atom is 0.153 e. The monoisotopic (exact) mass is 274 g/mol. The summed E-state index contributed by atoms with van der Waals surface area (Å²) >= 11 is 0. The van der Waals surface area contributed by atoms with Crippen molar-refractivity contribution in [2.24, 2.45) is 5.73 Å². The third-order valence-electron chi connectivity index (χ3n) is 2.95. The average Bonchev–Trinajstić information content (AvgIpc) is 2.85. The lowest BCUT2D eigenvalue weighted by molar-refractivity contribution is 0.798. The van der Waals surface area contributed by atoms with Crippen LogP contribution < -0.4 is 5.73 Å². The highest BCUT2D eigenvalue weighted by Crippen LogP contribution is 2.25. The number of rotatable bonds is 2. The Morgan fingerprint density at radius 1 is 1.21 bits per heavy atom. The highest BCUT2D eigenvalue weighted by Gasteiger charge is 2.12. The molecule has 0 saturated heterocycles. The summed E-state index contributed by atoms with van der Waals surface area (Å²) in [6.45, 7) is 1.96. The molecule has 0 aliphatic rings. The van der Waals surface area contributed by atoms with E-state index in [9.17, 15) is 0 Å². The lowest BCUT2D eigenvalue weighted by atomic mass is 10.0. The van der Waals surface area contributed by atoms with Crippen molar-refractivity contribution in [3.8, 4) is 11.3 Å². The van der Waals surface area contributed by atoms with Crippen molar-refractivity contribution in [2.75, 3.05) is 0 Å². The van der Waals surface area contributed by atoms with Gasteiger partial charge in [0.05, 0.1) is 5.69 Å². The molecule has 19 heavy (non-hydrogen) atoms. The van der Waals surface area contributed by atoms with E-state index in [1.165, 1.54) is 0 Å². The van der Waals surface area contributed by atoms with E-state index in [2.05, 4.69) is 10.1 Å². The zero-order valence-electron chi connectivity index (χ0n) is 10.5. The number of halogens is 1. The summed E-state index contributed by atoms with van der Waals surface area (Å²) in [7, 11) is 0. The van der Waals surface area contributed by atoms with Crippen LogP contribution >= 0.6 is 12.4 Å². The molecule has 1 atom stereocenters. The molecule has 2 aromatic heterocycles. The van der Waals surface area contributed by atoms with Crippen LogP contribution in [0.15, 0.2) is 48.8 Å². The minimum atomic E-state index is -0.0746. The molecule has 3 rings (SSSR count). The van der Waals surface area contributed by atoms with Crippen molar-refractivity contribution in [1.29, 1.82) is 0 Å². The Morgan fingerprint density at radius 2 is 1.95 bits per heavy atom. The lowest BCUT2D eigenvalue weighted by Crippen LogP contribution is -2.09. The van der Waals surface area contributed by atoms with E-state index in [4.69, 9.17) is 5.73 Å². The van der Waals surface area contributed by atoms with E-state index in [1.807, 2.05) is 49.5 Å². The SMILES string of the molecule is CC(N)c1cc2nccn2nc1-c1ccccc1.Cl. The van der Waals surface area contributed by atoms with Crippen molar-refractivity contribution in [1.82, 2.24) is 14.6 Å². The van der Waals surface area contributed by atoms with Gasteiger partial charge in [-0.2, -0.15) is 5.10 Å². The zero-order valence-corrected chi connectivity index (χ0v) is 11.3. The molecule has 2 heterocycles. The third-order valence-corrected chi connectivity index (χ3v) is 2.95. The van der Waals surface area contributed by atoms with Crippen LogP contribution in [0.25, 0.3) is 16.9 Å². The predicted octanol–water partition coefficient (Wildman–Crippen LogP) is 2.84. The second-order valence-electron chi connectivity index (χ2n) is 4.33. The van der Waals surface area contributed by atoms with Crippen LogP contribution in [0.2, 0.25) is 0 Å². The number of nitrogens with two attached hydrogens (primary N) is 1. The standard InChI is InChI=1S/C14H14N4.ClH/c1-10(15)12-9-13-16-7-8-18(13)17-14(12)11-5-3-2-4-6-11;/h2-10H,15H2,1H3;1H. The van der Waals surface area contributed by atoms with E-state index in [0.717, 1.165) is 22.5 Å². The Morgan fingerprint density at radius 3 is 2.63 bits per heavy atom. The van der Waals surface area contributed by atoms with Gasteiger partial charge >= 0.3 is 0 Å². The smallest absolute Gasteiger partial charge is 0.153 e. The van der Waals surface area contributed by atoms with Crippen molar-refractivity contribution in [3.05, 3.63) is 54.4 Å². The van der Waals surface area contributed by atoms with Gasteiger partial charge in [-0.3, -0.25) is 0 Å². The molecule has 0 spiro atoms. The van der Waals surface area contributed by atoms with Crippen LogP contribution in [0, 0.1) is 0 Å². The molecular weight excluding hydrogens is 260 g/mol. The first-order chi connectivity index (χ1) is 8.75. The maximum absolute atomic E-state index is 6.03. The fourth-order valence-corrected chi connectivity index (χ4v) is 2.04. The van der Waals surface area contributed by atoms with Crippen molar-refractivity contribution in [3.63, 3.8) is 0 Å². The summed E-state index contributed by atoms with van der Waals surface area (Å²) in [5.41, 5.74) is 9.85. The van der Waals surface area contributed by atoms with Crippen molar-refractivity contribution in [2.45, 2.75) is 13.0 Å². The summed E-state index contributed by atoms with van der Waals surface area (Å²) in [4.78, 5) is 4.24. The van der Waals surface area contributed by atoms with Gasteiger partial charge in [0.1, 0.15) is 0 Å². The molecule has 1 unspecified atom stereocenters. The van der Waals surface area contributed by atoms with Gasteiger partial charge in [0.15, 0.2) is 5.65 Å². The second kappa shape index (κ2) is 5.38. The molecule has 0 aliphatic carbocycles. The molecule has 2 N–H and O–H groups in total. The Balaban J connectivity index is 0.00000133. The van der Waals surface area contributed by atoms with E-state index in [-0.39, 0.29) is 18.4 Å². The van der Waals surface area contributed by atoms with Gasteiger partial charge in [-0.25, -0.2) is 9.50 Å². The van der Waals surface area contributed by atoms with Crippen LogP contribution in [0.4, 0.5) is 0 Å².